The number of fused-ring (bicyclic) bond motifs is 1. The molecular formula is C12H21N3. The van der Waals surface area contributed by atoms with E-state index in [1.54, 1.807) is 0 Å². The molecule has 0 saturated heterocycles. The van der Waals surface area contributed by atoms with E-state index in [-0.39, 0.29) is 0 Å². The average Bonchev–Trinajstić information content (AvgIpc) is 2.46. The molecule has 0 aromatic carbocycles. The predicted octanol–water partition coefficient (Wildman–Crippen LogP) is 2.12. The highest BCUT2D eigenvalue weighted by atomic mass is 15.1. The number of nitrogens with two attached hydrogens (primary N) is 1. The number of hydrogen-bond donors (Lipinski definition) is 2. The summed E-state index contributed by atoms with van der Waals surface area (Å²) in [4.78, 5) is 0. The van der Waals surface area contributed by atoms with Crippen LogP contribution in [0, 0.1) is 12.3 Å². The molecule has 0 spiro atoms. The van der Waals surface area contributed by atoms with Crippen LogP contribution in [0.1, 0.15) is 49.6 Å². The molecule has 0 bridgehead atoms. The fourth-order valence-corrected chi connectivity index (χ4v) is 2.91. The van der Waals surface area contributed by atoms with Gasteiger partial charge in [-0.05, 0) is 49.6 Å². The minimum Gasteiger partial charge on any atom is -0.330 e. The molecular weight excluding hydrogens is 186 g/mol. The number of hydrogen-bond acceptors (Lipinski definition) is 2. The van der Waals surface area contributed by atoms with Gasteiger partial charge in [0.25, 0.3) is 0 Å². The molecule has 1 aromatic rings. The van der Waals surface area contributed by atoms with Crippen molar-refractivity contribution < 1.29 is 0 Å². The van der Waals surface area contributed by atoms with Crippen LogP contribution in [0.3, 0.4) is 0 Å². The summed E-state index contributed by atoms with van der Waals surface area (Å²) in [7, 11) is 0. The molecule has 0 aliphatic heterocycles. The first-order valence-electron chi connectivity index (χ1n) is 5.77. The topological polar surface area (TPSA) is 54.7 Å². The van der Waals surface area contributed by atoms with Gasteiger partial charge in [0.15, 0.2) is 0 Å². The van der Waals surface area contributed by atoms with Crippen molar-refractivity contribution >= 4 is 0 Å². The lowest BCUT2D eigenvalue weighted by atomic mass is 9.70. The van der Waals surface area contributed by atoms with Gasteiger partial charge in [-0.1, -0.05) is 13.8 Å². The van der Waals surface area contributed by atoms with Gasteiger partial charge in [0, 0.05) is 5.69 Å². The number of aromatic nitrogens is 2. The molecule has 1 atom stereocenters. The minimum absolute atomic E-state index is 0.370. The SMILES string of the molecule is Cc1[nH]nc2c1C(CCN)CC(C)(C)C2. The van der Waals surface area contributed by atoms with E-state index >= 15 is 0 Å². The van der Waals surface area contributed by atoms with Gasteiger partial charge < -0.3 is 5.73 Å². The maximum absolute atomic E-state index is 5.69. The van der Waals surface area contributed by atoms with E-state index in [0.29, 0.717) is 11.3 Å². The molecule has 0 radical (unpaired) electrons. The molecule has 84 valence electrons. The first kappa shape index (κ1) is 10.7. The fraction of sp³-hybridized carbons (Fsp3) is 0.750. The highest BCUT2D eigenvalue weighted by molar-refractivity contribution is 5.32. The minimum atomic E-state index is 0.370. The second-order valence-electron chi connectivity index (χ2n) is 5.53. The molecule has 1 aliphatic carbocycles. The smallest absolute Gasteiger partial charge is 0.0665 e. The lowest BCUT2D eigenvalue weighted by Gasteiger charge is -2.34. The maximum atomic E-state index is 5.69. The van der Waals surface area contributed by atoms with Gasteiger partial charge in [0.2, 0.25) is 0 Å². The van der Waals surface area contributed by atoms with Crippen LogP contribution in [-0.2, 0) is 6.42 Å². The molecule has 1 aromatic heterocycles. The summed E-state index contributed by atoms with van der Waals surface area (Å²) in [6, 6.07) is 0. The van der Waals surface area contributed by atoms with E-state index in [4.69, 9.17) is 5.73 Å². The number of aromatic amines is 1. The first-order chi connectivity index (χ1) is 7.03. The zero-order valence-electron chi connectivity index (χ0n) is 9.93. The molecule has 2 rings (SSSR count). The Kier molecular flexibility index (Phi) is 2.59. The number of aryl methyl sites for hydroxylation is 1. The average molecular weight is 207 g/mol. The van der Waals surface area contributed by atoms with Crippen LogP contribution in [0.25, 0.3) is 0 Å². The third-order valence-electron chi connectivity index (χ3n) is 3.44. The summed E-state index contributed by atoms with van der Waals surface area (Å²) < 4.78 is 0. The Hall–Kier alpha value is -0.830. The standard InChI is InChI=1S/C12H21N3/c1-8-11-9(4-5-13)6-12(2,3)7-10(11)15-14-8/h9H,4-7,13H2,1-3H3,(H,14,15). The van der Waals surface area contributed by atoms with Crippen molar-refractivity contribution in [3.8, 4) is 0 Å². The van der Waals surface area contributed by atoms with Crippen LogP contribution in [0.15, 0.2) is 0 Å². The Morgan fingerprint density at radius 3 is 2.93 bits per heavy atom. The first-order valence-corrected chi connectivity index (χ1v) is 5.77. The van der Waals surface area contributed by atoms with Crippen molar-refractivity contribution in [1.29, 1.82) is 0 Å². The van der Waals surface area contributed by atoms with Gasteiger partial charge in [-0.2, -0.15) is 5.10 Å². The van der Waals surface area contributed by atoms with Crippen LogP contribution < -0.4 is 5.73 Å². The summed E-state index contributed by atoms with van der Waals surface area (Å²) in [6.45, 7) is 7.53. The van der Waals surface area contributed by atoms with E-state index < -0.39 is 0 Å². The van der Waals surface area contributed by atoms with Crippen LogP contribution in [0.5, 0.6) is 0 Å². The van der Waals surface area contributed by atoms with Gasteiger partial charge in [-0.15, -0.1) is 0 Å². The van der Waals surface area contributed by atoms with E-state index in [1.165, 1.54) is 23.4 Å². The van der Waals surface area contributed by atoms with Gasteiger partial charge in [-0.25, -0.2) is 0 Å². The van der Waals surface area contributed by atoms with Crippen molar-refractivity contribution in [2.45, 2.75) is 46.0 Å². The van der Waals surface area contributed by atoms with Gasteiger partial charge in [-0.3, -0.25) is 5.10 Å². The zero-order chi connectivity index (χ0) is 11.1. The molecule has 3 N–H and O–H groups in total. The molecule has 0 saturated carbocycles. The van der Waals surface area contributed by atoms with Crippen molar-refractivity contribution in [2.75, 3.05) is 6.54 Å². The van der Waals surface area contributed by atoms with E-state index in [2.05, 4.69) is 31.0 Å². The van der Waals surface area contributed by atoms with Crippen LogP contribution in [0.2, 0.25) is 0 Å². The Bertz CT molecular complexity index is 352. The number of nitrogens with one attached hydrogen (secondary N) is 1. The molecule has 0 fully saturated rings. The number of rotatable bonds is 2. The molecule has 1 aliphatic rings. The third kappa shape index (κ3) is 1.93. The molecule has 1 unspecified atom stereocenters. The van der Waals surface area contributed by atoms with Crippen molar-refractivity contribution in [3.63, 3.8) is 0 Å². The number of nitrogens with zero attached hydrogens (tertiary/aromatic N) is 1. The summed E-state index contributed by atoms with van der Waals surface area (Å²) in [6.07, 6.45) is 3.40. The second-order valence-corrected chi connectivity index (χ2v) is 5.53. The third-order valence-corrected chi connectivity index (χ3v) is 3.44. The Balaban J connectivity index is 2.36. The van der Waals surface area contributed by atoms with Crippen LogP contribution in [-0.4, -0.2) is 16.7 Å². The van der Waals surface area contributed by atoms with Crippen molar-refractivity contribution in [2.24, 2.45) is 11.1 Å². The Labute approximate surface area is 91.4 Å². The van der Waals surface area contributed by atoms with Gasteiger partial charge in [0.1, 0.15) is 0 Å². The molecule has 3 nitrogen and oxygen atoms in total. The lowest BCUT2D eigenvalue weighted by molar-refractivity contribution is 0.272. The Morgan fingerprint density at radius 1 is 1.53 bits per heavy atom. The summed E-state index contributed by atoms with van der Waals surface area (Å²) in [5, 5.41) is 7.53. The van der Waals surface area contributed by atoms with Crippen LogP contribution >= 0.6 is 0 Å². The largest absolute Gasteiger partial charge is 0.330 e. The van der Waals surface area contributed by atoms with Gasteiger partial charge in [0.05, 0.1) is 5.69 Å². The Morgan fingerprint density at radius 2 is 2.27 bits per heavy atom. The van der Waals surface area contributed by atoms with Crippen molar-refractivity contribution in [3.05, 3.63) is 17.0 Å². The summed E-state index contributed by atoms with van der Waals surface area (Å²) in [5.41, 5.74) is 10.0. The monoisotopic (exact) mass is 207 g/mol. The highest BCUT2D eigenvalue weighted by Gasteiger charge is 2.34. The quantitative estimate of drug-likeness (QED) is 0.780. The predicted molar refractivity (Wildman–Crippen MR) is 61.8 cm³/mol. The normalized spacial score (nSPS) is 23.9. The zero-order valence-corrected chi connectivity index (χ0v) is 9.93. The van der Waals surface area contributed by atoms with E-state index in [1.807, 2.05) is 0 Å². The highest BCUT2D eigenvalue weighted by Crippen LogP contribution is 2.43. The molecule has 0 amide bonds. The van der Waals surface area contributed by atoms with Crippen molar-refractivity contribution in [1.82, 2.24) is 10.2 Å². The summed E-state index contributed by atoms with van der Waals surface area (Å²) >= 11 is 0. The van der Waals surface area contributed by atoms with Gasteiger partial charge >= 0.3 is 0 Å². The molecule has 1 heterocycles. The van der Waals surface area contributed by atoms with E-state index in [0.717, 1.165) is 19.4 Å². The molecule has 15 heavy (non-hydrogen) atoms. The van der Waals surface area contributed by atoms with E-state index in [9.17, 15) is 0 Å². The maximum Gasteiger partial charge on any atom is 0.0665 e. The lowest BCUT2D eigenvalue weighted by Crippen LogP contribution is -2.26. The van der Waals surface area contributed by atoms with Crippen LogP contribution in [0.4, 0.5) is 0 Å². The second kappa shape index (κ2) is 3.63. The fourth-order valence-electron chi connectivity index (χ4n) is 2.91. The molecule has 3 heteroatoms. The number of H-pyrrole nitrogens is 1. The summed E-state index contributed by atoms with van der Waals surface area (Å²) in [5.74, 6) is 0.604.